The molecule has 1 aliphatic rings. The van der Waals surface area contributed by atoms with Crippen LogP contribution in [0.4, 0.5) is 0 Å². The molecule has 0 unspecified atom stereocenters. The molecule has 4 nitrogen and oxygen atoms in total. The number of quaternary nitrogens is 1. The SMILES string of the molecule is CCCc1cc(C(=O)N2CC[NH+](Cc3nc4ccccc4s3)CC2)sc1C. The quantitative estimate of drug-likeness (QED) is 0.714. The number of fused-ring (bicyclic) bond motifs is 1. The number of thiazole rings is 1. The Bertz CT molecular complexity index is 905. The van der Waals surface area contributed by atoms with E-state index in [2.05, 4.69) is 38.1 Å². The summed E-state index contributed by atoms with van der Waals surface area (Å²) in [7, 11) is 0. The first-order chi connectivity index (χ1) is 13.1. The van der Waals surface area contributed by atoms with Crippen molar-refractivity contribution in [3.05, 3.63) is 50.7 Å². The molecule has 3 heterocycles. The second-order valence-corrected chi connectivity index (χ2v) is 9.61. The van der Waals surface area contributed by atoms with Crippen molar-refractivity contribution in [2.45, 2.75) is 33.2 Å². The highest BCUT2D eigenvalue weighted by molar-refractivity contribution is 7.18. The van der Waals surface area contributed by atoms with Crippen LogP contribution < -0.4 is 4.90 Å². The molecule has 0 aliphatic carbocycles. The van der Waals surface area contributed by atoms with Gasteiger partial charge in [-0.15, -0.1) is 22.7 Å². The van der Waals surface area contributed by atoms with E-state index in [9.17, 15) is 4.79 Å². The van der Waals surface area contributed by atoms with Crippen molar-refractivity contribution in [1.82, 2.24) is 9.88 Å². The second-order valence-electron chi connectivity index (χ2n) is 7.24. The van der Waals surface area contributed by atoms with Crippen LogP contribution in [0, 0.1) is 6.92 Å². The van der Waals surface area contributed by atoms with Crippen LogP contribution in [-0.4, -0.2) is 42.0 Å². The van der Waals surface area contributed by atoms with Crippen LogP contribution in [0.1, 0.15) is 38.5 Å². The van der Waals surface area contributed by atoms with Gasteiger partial charge in [-0.3, -0.25) is 4.79 Å². The fourth-order valence-electron chi connectivity index (χ4n) is 3.71. The van der Waals surface area contributed by atoms with Gasteiger partial charge in [-0.1, -0.05) is 25.5 Å². The molecular weight excluding hydrogens is 374 g/mol. The average molecular weight is 401 g/mol. The minimum absolute atomic E-state index is 0.212. The zero-order valence-corrected chi connectivity index (χ0v) is 17.6. The van der Waals surface area contributed by atoms with Gasteiger partial charge in [-0.2, -0.15) is 0 Å². The fourth-order valence-corrected chi connectivity index (χ4v) is 5.79. The van der Waals surface area contributed by atoms with E-state index in [1.807, 2.05) is 11.0 Å². The van der Waals surface area contributed by atoms with Crippen LogP contribution in [0.15, 0.2) is 30.3 Å². The van der Waals surface area contributed by atoms with E-state index in [0.29, 0.717) is 0 Å². The third kappa shape index (κ3) is 4.08. The first-order valence-corrected chi connectivity index (χ1v) is 11.3. The Morgan fingerprint density at radius 1 is 1.22 bits per heavy atom. The Balaban J connectivity index is 1.35. The molecule has 142 valence electrons. The highest BCUT2D eigenvalue weighted by Crippen LogP contribution is 2.24. The maximum absolute atomic E-state index is 12.9. The first kappa shape index (κ1) is 18.6. The van der Waals surface area contributed by atoms with Crippen LogP contribution in [0.2, 0.25) is 0 Å². The van der Waals surface area contributed by atoms with Gasteiger partial charge in [0.15, 0.2) is 0 Å². The summed E-state index contributed by atoms with van der Waals surface area (Å²) in [6.07, 6.45) is 2.19. The van der Waals surface area contributed by atoms with Crippen LogP contribution in [0.25, 0.3) is 10.2 Å². The van der Waals surface area contributed by atoms with Crippen LogP contribution in [0.3, 0.4) is 0 Å². The minimum atomic E-state index is 0.212. The molecule has 0 radical (unpaired) electrons. The molecule has 0 saturated carbocycles. The van der Waals surface area contributed by atoms with Crippen LogP contribution in [-0.2, 0) is 13.0 Å². The van der Waals surface area contributed by atoms with E-state index in [1.165, 1.54) is 25.0 Å². The first-order valence-electron chi connectivity index (χ1n) is 9.70. The summed E-state index contributed by atoms with van der Waals surface area (Å²) in [5, 5.41) is 1.20. The molecule has 0 bridgehead atoms. The zero-order chi connectivity index (χ0) is 18.8. The summed E-state index contributed by atoms with van der Waals surface area (Å²) < 4.78 is 1.26. The summed E-state index contributed by atoms with van der Waals surface area (Å²) in [4.78, 5) is 23.4. The summed E-state index contributed by atoms with van der Waals surface area (Å²) in [5.74, 6) is 0.212. The number of benzene rings is 1. The topological polar surface area (TPSA) is 37.6 Å². The molecule has 1 saturated heterocycles. The van der Waals surface area contributed by atoms with Crippen molar-refractivity contribution in [3.8, 4) is 0 Å². The molecule has 0 spiro atoms. The predicted octanol–water partition coefficient (Wildman–Crippen LogP) is 3.16. The number of aryl methyl sites for hydroxylation is 2. The Morgan fingerprint density at radius 2 is 2.00 bits per heavy atom. The Kier molecular flexibility index (Phi) is 5.57. The van der Waals surface area contributed by atoms with Gasteiger partial charge in [0, 0.05) is 4.88 Å². The smallest absolute Gasteiger partial charge is 0.264 e. The number of rotatable bonds is 5. The van der Waals surface area contributed by atoms with Crippen molar-refractivity contribution in [2.75, 3.05) is 26.2 Å². The number of carbonyl (C=O) groups is 1. The molecule has 1 N–H and O–H groups in total. The van der Waals surface area contributed by atoms with E-state index in [4.69, 9.17) is 4.98 Å². The van der Waals surface area contributed by atoms with Gasteiger partial charge in [0.2, 0.25) is 0 Å². The lowest BCUT2D eigenvalue weighted by Crippen LogP contribution is -3.13. The highest BCUT2D eigenvalue weighted by atomic mass is 32.1. The molecule has 6 heteroatoms. The van der Waals surface area contributed by atoms with Crippen molar-refractivity contribution in [2.24, 2.45) is 0 Å². The number of para-hydroxylation sites is 1. The molecular formula is C21H26N3OS2+. The Labute approximate surface area is 168 Å². The molecule has 1 aliphatic heterocycles. The van der Waals surface area contributed by atoms with Gasteiger partial charge < -0.3 is 9.80 Å². The maximum Gasteiger partial charge on any atom is 0.264 e. The van der Waals surface area contributed by atoms with Gasteiger partial charge in [-0.25, -0.2) is 4.98 Å². The predicted molar refractivity (Wildman–Crippen MR) is 113 cm³/mol. The molecule has 1 amide bonds. The van der Waals surface area contributed by atoms with Gasteiger partial charge in [0.1, 0.15) is 11.6 Å². The van der Waals surface area contributed by atoms with Gasteiger partial charge >= 0.3 is 0 Å². The monoisotopic (exact) mass is 400 g/mol. The molecule has 1 fully saturated rings. The maximum atomic E-state index is 12.9. The van der Waals surface area contributed by atoms with Gasteiger partial charge in [0.25, 0.3) is 5.91 Å². The molecule has 2 aromatic heterocycles. The van der Waals surface area contributed by atoms with E-state index >= 15 is 0 Å². The summed E-state index contributed by atoms with van der Waals surface area (Å²) in [6, 6.07) is 10.4. The van der Waals surface area contributed by atoms with Crippen molar-refractivity contribution < 1.29 is 9.69 Å². The normalized spacial score (nSPS) is 15.6. The Hall–Kier alpha value is -1.76. The van der Waals surface area contributed by atoms with E-state index < -0.39 is 0 Å². The molecule has 27 heavy (non-hydrogen) atoms. The third-order valence-electron chi connectivity index (χ3n) is 5.25. The third-order valence-corrected chi connectivity index (χ3v) is 7.37. The van der Waals surface area contributed by atoms with Crippen LogP contribution in [0.5, 0.6) is 0 Å². The second kappa shape index (κ2) is 8.09. The van der Waals surface area contributed by atoms with Crippen molar-refractivity contribution >= 4 is 38.8 Å². The van der Waals surface area contributed by atoms with Crippen LogP contribution >= 0.6 is 22.7 Å². The van der Waals surface area contributed by atoms with Crippen molar-refractivity contribution in [1.29, 1.82) is 0 Å². The average Bonchev–Trinajstić information content (AvgIpc) is 3.25. The molecule has 1 aromatic carbocycles. The van der Waals surface area contributed by atoms with Gasteiger partial charge in [0.05, 0.1) is 41.3 Å². The highest BCUT2D eigenvalue weighted by Gasteiger charge is 2.26. The number of thiophene rings is 1. The number of piperazine rings is 1. The van der Waals surface area contributed by atoms with E-state index in [-0.39, 0.29) is 5.91 Å². The number of hydrogen-bond acceptors (Lipinski definition) is 4. The lowest BCUT2D eigenvalue weighted by atomic mass is 10.1. The number of hydrogen-bond donors (Lipinski definition) is 1. The summed E-state index contributed by atoms with van der Waals surface area (Å²) >= 11 is 3.45. The number of aromatic nitrogens is 1. The Morgan fingerprint density at radius 3 is 2.74 bits per heavy atom. The lowest BCUT2D eigenvalue weighted by Gasteiger charge is -2.31. The number of nitrogens with zero attached hydrogens (tertiary/aromatic N) is 2. The molecule has 0 atom stereocenters. The molecule has 4 rings (SSSR count). The van der Waals surface area contributed by atoms with Gasteiger partial charge in [-0.05, 0) is 37.1 Å². The largest absolute Gasteiger partial charge is 0.327 e. The summed E-state index contributed by atoms with van der Waals surface area (Å²) in [6.45, 7) is 8.93. The minimum Gasteiger partial charge on any atom is -0.327 e. The fraction of sp³-hybridized carbons (Fsp3) is 0.429. The summed E-state index contributed by atoms with van der Waals surface area (Å²) in [5.41, 5.74) is 2.44. The van der Waals surface area contributed by atoms with E-state index in [1.54, 1.807) is 22.7 Å². The van der Waals surface area contributed by atoms with E-state index in [0.717, 1.165) is 56.0 Å². The van der Waals surface area contributed by atoms with Crippen molar-refractivity contribution in [3.63, 3.8) is 0 Å². The zero-order valence-electron chi connectivity index (χ0n) is 16.0. The molecule has 3 aromatic rings. The number of nitrogens with one attached hydrogen (secondary N) is 1. The number of amides is 1. The lowest BCUT2D eigenvalue weighted by molar-refractivity contribution is -0.917. The standard InChI is InChI=1S/C21H25N3OS2/c1-3-6-16-13-19(26-15(16)2)21(25)24-11-9-23(10-12-24)14-20-22-17-7-4-5-8-18(17)27-20/h4-5,7-8,13H,3,6,9-12,14H2,1-2H3/p+1. The number of carbonyl (C=O) groups excluding carboxylic acids is 1.